The number of anilines is 1. The van der Waals surface area contributed by atoms with E-state index in [4.69, 9.17) is 9.47 Å². The van der Waals surface area contributed by atoms with E-state index in [9.17, 15) is 24.3 Å². The Labute approximate surface area is 232 Å². The summed E-state index contributed by atoms with van der Waals surface area (Å²) >= 11 is 0. The molecule has 8 nitrogen and oxygen atoms in total. The minimum absolute atomic E-state index is 0.135. The molecule has 2 aromatic rings. The summed E-state index contributed by atoms with van der Waals surface area (Å²) in [5.41, 5.74) is 4.37. The van der Waals surface area contributed by atoms with Crippen molar-refractivity contribution in [3.8, 4) is 0 Å². The SMILES string of the molecule is C=C1/C=C\C=C/C2c3ccccc3C1C(C(=O)Nc1c(C)cc(C(=O)O)cc1CC)C2C(=O)OC1CCOC1=O. The van der Waals surface area contributed by atoms with E-state index in [1.807, 2.05) is 55.5 Å². The summed E-state index contributed by atoms with van der Waals surface area (Å²) in [6.07, 6.45) is 7.14. The maximum Gasteiger partial charge on any atom is 0.347 e. The van der Waals surface area contributed by atoms with Gasteiger partial charge in [-0.05, 0) is 53.3 Å². The molecule has 2 N–H and O–H groups in total. The zero-order chi connectivity index (χ0) is 28.6. The molecule has 2 aliphatic carbocycles. The molecule has 5 rings (SSSR count). The van der Waals surface area contributed by atoms with Crippen molar-refractivity contribution in [3.63, 3.8) is 0 Å². The monoisotopic (exact) mass is 541 g/mol. The zero-order valence-electron chi connectivity index (χ0n) is 22.4. The van der Waals surface area contributed by atoms with Crippen molar-refractivity contribution < 1.29 is 33.8 Å². The fourth-order valence-corrected chi connectivity index (χ4v) is 6.09. The maximum atomic E-state index is 14.3. The van der Waals surface area contributed by atoms with Crippen LogP contribution in [0.1, 0.15) is 57.8 Å². The Morgan fingerprint density at radius 3 is 2.55 bits per heavy atom. The highest BCUT2D eigenvalue weighted by atomic mass is 16.6. The number of benzene rings is 2. The number of carbonyl (C=O) groups excluding carboxylic acids is 3. The van der Waals surface area contributed by atoms with Crippen molar-refractivity contribution in [1.82, 2.24) is 0 Å². The van der Waals surface area contributed by atoms with Crippen molar-refractivity contribution in [3.05, 3.63) is 101 Å². The first-order valence-corrected chi connectivity index (χ1v) is 13.4. The molecule has 40 heavy (non-hydrogen) atoms. The number of cyclic esters (lactones) is 1. The Balaban J connectivity index is 1.62. The lowest BCUT2D eigenvalue weighted by Gasteiger charge is -2.42. The third kappa shape index (κ3) is 4.85. The number of carbonyl (C=O) groups is 4. The molecule has 1 amide bonds. The average molecular weight is 542 g/mol. The van der Waals surface area contributed by atoms with Crippen molar-refractivity contribution in [2.24, 2.45) is 11.8 Å². The quantitative estimate of drug-likeness (QED) is 0.502. The van der Waals surface area contributed by atoms with Crippen LogP contribution in [0.2, 0.25) is 0 Å². The van der Waals surface area contributed by atoms with Crippen LogP contribution in [-0.4, -0.2) is 41.6 Å². The summed E-state index contributed by atoms with van der Waals surface area (Å²) in [6, 6.07) is 10.8. The van der Waals surface area contributed by atoms with Crippen molar-refractivity contribution in [2.45, 2.75) is 44.6 Å². The molecule has 2 aromatic carbocycles. The summed E-state index contributed by atoms with van der Waals surface area (Å²) in [5.74, 6) is -5.62. The molecule has 1 saturated heterocycles. The number of hydrogen-bond donors (Lipinski definition) is 2. The molecule has 2 bridgehead atoms. The normalized spacial score (nSPS) is 26.5. The van der Waals surface area contributed by atoms with Crippen molar-refractivity contribution in [1.29, 1.82) is 0 Å². The molecular formula is C32H31NO7. The van der Waals surface area contributed by atoms with Crippen LogP contribution in [0.3, 0.4) is 0 Å². The molecule has 0 saturated carbocycles. The van der Waals surface area contributed by atoms with Crippen LogP contribution in [-0.2, 0) is 30.3 Å². The predicted molar refractivity (Wildman–Crippen MR) is 148 cm³/mol. The van der Waals surface area contributed by atoms with Crippen LogP contribution in [0.25, 0.3) is 0 Å². The Morgan fingerprint density at radius 1 is 1.12 bits per heavy atom. The van der Waals surface area contributed by atoms with Crippen LogP contribution in [0.4, 0.5) is 5.69 Å². The molecule has 5 unspecified atom stereocenters. The topological polar surface area (TPSA) is 119 Å². The molecule has 3 aliphatic rings. The fraction of sp³-hybridized carbons (Fsp3) is 0.312. The van der Waals surface area contributed by atoms with E-state index in [0.29, 0.717) is 28.8 Å². The van der Waals surface area contributed by atoms with Crippen LogP contribution >= 0.6 is 0 Å². The molecular weight excluding hydrogens is 510 g/mol. The van der Waals surface area contributed by atoms with E-state index in [1.165, 1.54) is 6.07 Å². The Kier molecular flexibility index (Phi) is 7.43. The lowest BCUT2D eigenvalue weighted by atomic mass is 9.61. The lowest BCUT2D eigenvalue weighted by molar-refractivity contribution is -0.166. The van der Waals surface area contributed by atoms with Gasteiger partial charge in [-0.2, -0.15) is 0 Å². The number of aromatic carboxylic acids is 1. The van der Waals surface area contributed by atoms with Gasteiger partial charge in [0.1, 0.15) is 0 Å². The molecule has 1 aliphatic heterocycles. The van der Waals surface area contributed by atoms with Crippen LogP contribution < -0.4 is 5.32 Å². The number of carboxylic acids is 1. The van der Waals surface area contributed by atoms with Gasteiger partial charge in [-0.15, -0.1) is 0 Å². The fourth-order valence-electron chi connectivity index (χ4n) is 6.09. The molecule has 0 radical (unpaired) electrons. The largest absolute Gasteiger partial charge is 0.478 e. The van der Waals surface area contributed by atoms with Gasteiger partial charge in [0.2, 0.25) is 12.0 Å². The summed E-state index contributed by atoms with van der Waals surface area (Å²) in [5, 5.41) is 12.6. The first-order valence-electron chi connectivity index (χ1n) is 13.4. The second-order valence-corrected chi connectivity index (χ2v) is 10.4. The number of hydrogen-bond acceptors (Lipinski definition) is 6. The van der Waals surface area contributed by atoms with E-state index < -0.39 is 53.6 Å². The zero-order valence-corrected chi connectivity index (χ0v) is 22.4. The third-order valence-electron chi connectivity index (χ3n) is 7.98. The second-order valence-electron chi connectivity index (χ2n) is 10.4. The van der Waals surface area contributed by atoms with Gasteiger partial charge in [0.25, 0.3) is 0 Å². The molecule has 1 fully saturated rings. The maximum absolute atomic E-state index is 14.3. The molecule has 8 heteroatoms. The Hall–Kier alpha value is -4.46. The standard InChI is InChI=1S/C32H31NO7/c1-4-19-16-20(30(35)36)15-18(3)28(19)33-29(34)27-25-17(2)9-5-6-12-23(21-10-7-8-11-22(21)25)26(27)32(38)40-24-13-14-39-31(24)37/h5-12,15-16,23-27H,2,4,13-14H2,1,3H3,(H,33,34)(H,35,36)/b9-5-,12-6-. The number of rotatable bonds is 6. The van der Waals surface area contributed by atoms with Gasteiger partial charge < -0.3 is 19.9 Å². The highest BCUT2D eigenvalue weighted by molar-refractivity contribution is 5.99. The van der Waals surface area contributed by atoms with Gasteiger partial charge in [0.05, 0.1) is 24.0 Å². The number of allylic oxidation sites excluding steroid dienone is 5. The predicted octanol–water partition coefficient (Wildman–Crippen LogP) is 4.85. The molecule has 1 heterocycles. The summed E-state index contributed by atoms with van der Waals surface area (Å²) in [7, 11) is 0. The summed E-state index contributed by atoms with van der Waals surface area (Å²) < 4.78 is 10.7. The highest BCUT2D eigenvalue weighted by Gasteiger charge is 2.51. The van der Waals surface area contributed by atoms with Crippen molar-refractivity contribution >= 4 is 29.5 Å². The first kappa shape index (κ1) is 27.1. The highest BCUT2D eigenvalue weighted by Crippen LogP contribution is 2.51. The Bertz CT molecular complexity index is 1470. The summed E-state index contributed by atoms with van der Waals surface area (Å²) in [4.78, 5) is 52.0. The summed E-state index contributed by atoms with van der Waals surface area (Å²) in [6.45, 7) is 8.07. The number of carboxylic acid groups (broad SMARTS) is 1. The minimum atomic E-state index is -1.05. The van der Waals surface area contributed by atoms with E-state index >= 15 is 0 Å². The van der Waals surface area contributed by atoms with E-state index in [0.717, 1.165) is 11.1 Å². The van der Waals surface area contributed by atoms with Gasteiger partial charge in [-0.3, -0.25) is 9.59 Å². The van der Waals surface area contributed by atoms with Gasteiger partial charge in [-0.1, -0.05) is 62.1 Å². The smallest absolute Gasteiger partial charge is 0.347 e. The number of amides is 1. The number of esters is 2. The second kappa shape index (κ2) is 11.0. The average Bonchev–Trinajstić information content (AvgIpc) is 3.38. The van der Waals surface area contributed by atoms with Gasteiger partial charge in [0.15, 0.2) is 0 Å². The molecule has 0 spiro atoms. The first-order chi connectivity index (χ1) is 19.2. The van der Waals surface area contributed by atoms with Gasteiger partial charge in [0, 0.05) is 23.9 Å². The number of ether oxygens (including phenoxy) is 2. The van der Waals surface area contributed by atoms with Gasteiger partial charge in [-0.25, -0.2) is 9.59 Å². The molecule has 5 atom stereocenters. The van der Waals surface area contributed by atoms with E-state index in [1.54, 1.807) is 13.0 Å². The third-order valence-corrected chi connectivity index (χ3v) is 7.98. The Morgan fingerprint density at radius 2 is 1.88 bits per heavy atom. The number of aryl methyl sites for hydroxylation is 2. The van der Waals surface area contributed by atoms with Crippen LogP contribution in [0.15, 0.2) is 72.9 Å². The van der Waals surface area contributed by atoms with Crippen LogP contribution in [0, 0.1) is 18.8 Å². The van der Waals surface area contributed by atoms with Gasteiger partial charge >= 0.3 is 17.9 Å². The van der Waals surface area contributed by atoms with Crippen molar-refractivity contribution in [2.75, 3.05) is 11.9 Å². The van der Waals surface area contributed by atoms with E-state index in [-0.39, 0.29) is 18.6 Å². The molecule has 206 valence electrons. The minimum Gasteiger partial charge on any atom is -0.478 e. The lowest BCUT2D eigenvalue weighted by Crippen LogP contribution is -2.46. The number of nitrogens with one attached hydrogen (secondary N) is 1. The molecule has 0 aromatic heterocycles. The van der Waals surface area contributed by atoms with Crippen LogP contribution in [0.5, 0.6) is 0 Å². The van der Waals surface area contributed by atoms with E-state index in [2.05, 4.69) is 11.9 Å².